The fourth-order valence-electron chi connectivity index (χ4n) is 1.95. The zero-order valence-electron chi connectivity index (χ0n) is 10.9. The van der Waals surface area contributed by atoms with Crippen LogP contribution < -0.4 is 5.32 Å². The van der Waals surface area contributed by atoms with E-state index >= 15 is 0 Å². The second-order valence-corrected chi connectivity index (χ2v) is 5.00. The summed E-state index contributed by atoms with van der Waals surface area (Å²) in [4.78, 5) is 4.08. The third kappa shape index (κ3) is 3.75. The first-order valence-corrected chi connectivity index (χ1v) is 6.57. The summed E-state index contributed by atoms with van der Waals surface area (Å²) in [5, 5.41) is 4.15. The minimum atomic E-state index is -0.318. The van der Waals surface area contributed by atoms with Crippen molar-refractivity contribution in [3.8, 4) is 0 Å². The molecule has 2 unspecified atom stereocenters. The van der Waals surface area contributed by atoms with Crippen molar-refractivity contribution in [2.75, 3.05) is 0 Å². The van der Waals surface area contributed by atoms with Crippen molar-refractivity contribution in [3.63, 3.8) is 0 Å². The molecule has 0 aliphatic heterocycles. The Labute approximate surface area is 117 Å². The summed E-state index contributed by atoms with van der Waals surface area (Å²) < 4.78 is 12.8. The summed E-state index contributed by atoms with van der Waals surface area (Å²) in [6.07, 6.45) is 1.24. The van der Waals surface area contributed by atoms with E-state index in [1.165, 1.54) is 12.3 Å². The molecule has 1 aromatic heterocycles. The molecule has 4 heteroatoms. The van der Waals surface area contributed by atoms with Gasteiger partial charge in [-0.1, -0.05) is 23.7 Å². The molecule has 100 valence electrons. The number of nitrogens with one attached hydrogen (secondary N) is 1. The second kappa shape index (κ2) is 6.13. The van der Waals surface area contributed by atoms with Gasteiger partial charge in [0.1, 0.15) is 5.82 Å². The lowest BCUT2D eigenvalue weighted by atomic mass is 10.1. The zero-order chi connectivity index (χ0) is 13.8. The summed E-state index contributed by atoms with van der Waals surface area (Å²) in [7, 11) is 0. The first-order chi connectivity index (χ1) is 9.06. The lowest BCUT2D eigenvalue weighted by Gasteiger charge is -2.20. The molecule has 0 bridgehead atoms. The van der Waals surface area contributed by atoms with Crippen LogP contribution in [0.1, 0.15) is 37.2 Å². The number of aromatic nitrogens is 1. The van der Waals surface area contributed by atoms with Gasteiger partial charge in [-0.25, -0.2) is 4.39 Å². The van der Waals surface area contributed by atoms with Crippen LogP contribution in [0.5, 0.6) is 0 Å². The van der Waals surface area contributed by atoms with Crippen LogP contribution >= 0.6 is 11.6 Å². The van der Waals surface area contributed by atoms with Gasteiger partial charge >= 0.3 is 0 Å². The van der Waals surface area contributed by atoms with Gasteiger partial charge in [-0.05, 0) is 43.7 Å². The van der Waals surface area contributed by atoms with E-state index in [1.54, 1.807) is 6.07 Å². The molecule has 2 atom stereocenters. The highest BCUT2D eigenvalue weighted by atomic mass is 35.5. The maximum atomic E-state index is 12.8. The summed E-state index contributed by atoms with van der Waals surface area (Å²) >= 11 is 5.87. The van der Waals surface area contributed by atoms with Gasteiger partial charge in [0.05, 0.1) is 11.9 Å². The van der Waals surface area contributed by atoms with E-state index in [-0.39, 0.29) is 17.9 Å². The van der Waals surface area contributed by atoms with E-state index in [2.05, 4.69) is 17.2 Å². The molecule has 0 spiro atoms. The number of hydrogen-bond acceptors (Lipinski definition) is 2. The van der Waals surface area contributed by atoms with E-state index in [0.29, 0.717) is 0 Å². The van der Waals surface area contributed by atoms with E-state index in [1.807, 2.05) is 31.2 Å². The van der Waals surface area contributed by atoms with Crippen LogP contribution in [-0.4, -0.2) is 4.98 Å². The average molecular weight is 279 g/mol. The monoisotopic (exact) mass is 278 g/mol. The molecule has 1 heterocycles. The van der Waals surface area contributed by atoms with E-state index in [0.717, 1.165) is 16.3 Å². The lowest BCUT2D eigenvalue weighted by molar-refractivity contribution is 0.484. The van der Waals surface area contributed by atoms with Gasteiger partial charge in [-0.2, -0.15) is 0 Å². The van der Waals surface area contributed by atoms with E-state index in [9.17, 15) is 4.39 Å². The standard InChI is InChI=1S/C15H16ClFN2/c1-10(12-3-5-13(16)6-4-12)19-11(2)15-8-7-14(17)9-18-15/h3-11,19H,1-2H3. The molecule has 2 aromatic rings. The SMILES string of the molecule is CC(NC(C)c1ccc(F)cn1)c1ccc(Cl)cc1. The Morgan fingerprint density at radius 1 is 1.05 bits per heavy atom. The molecule has 0 saturated carbocycles. The molecule has 0 fully saturated rings. The van der Waals surface area contributed by atoms with Crippen molar-refractivity contribution in [2.45, 2.75) is 25.9 Å². The molecular weight excluding hydrogens is 263 g/mol. The largest absolute Gasteiger partial charge is 0.302 e. The molecule has 1 aromatic carbocycles. The molecule has 0 amide bonds. The third-order valence-corrected chi connectivity index (χ3v) is 3.32. The number of halogens is 2. The van der Waals surface area contributed by atoms with Crippen molar-refractivity contribution in [3.05, 3.63) is 64.7 Å². The molecule has 0 aliphatic rings. The Bertz CT molecular complexity index is 475. The summed E-state index contributed by atoms with van der Waals surface area (Å²) in [6, 6.07) is 11.1. The highest BCUT2D eigenvalue weighted by Crippen LogP contribution is 2.20. The Morgan fingerprint density at radius 3 is 2.32 bits per heavy atom. The number of rotatable bonds is 4. The molecular formula is C15H16ClFN2. The van der Waals surface area contributed by atoms with Crippen LogP contribution in [0.3, 0.4) is 0 Å². The quantitative estimate of drug-likeness (QED) is 0.903. The fraction of sp³-hybridized carbons (Fsp3) is 0.267. The number of pyridine rings is 1. The number of hydrogen-bond donors (Lipinski definition) is 1. The molecule has 0 radical (unpaired) electrons. The smallest absolute Gasteiger partial charge is 0.141 e. The third-order valence-electron chi connectivity index (χ3n) is 3.06. The summed E-state index contributed by atoms with van der Waals surface area (Å²) in [5.74, 6) is -0.318. The van der Waals surface area contributed by atoms with Gasteiger partial charge in [0.15, 0.2) is 0 Å². The van der Waals surface area contributed by atoms with Gasteiger partial charge in [0.25, 0.3) is 0 Å². The Balaban J connectivity index is 2.03. The Hall–Kier alpha value is -1.45. The fourth-order valence-corrected chi connectivity index (χ4v) is 2.08. The average Bonchev–Trinajstić information content (AvgIpc) is 2.40. The van der Waals surface area contributed by atoms with Gasteiger partial charge < -0.3 is 5.32 Å². The van der Waals surface area contributed by atoms with Crippen molar-refractivity contribution in [1.29, 1.82) is 0 Å². The molecule has 1 N–H and O–H groups in total. The maximum absolute atomic E-state index is 12.8. The predicted molar refractivity (Wildman–Crippen MR) is 75.6 cm³/mol. The highest BCUT2D eigenvalue weighted by Gasteiger charge is 2.12. The van der Waals surface area contributed by atoms with Crippen LogP contribution in [0.15, 0.2) is 42.6 Å². The van der Waals surface area contributed by atoms with Gasteiger partial charge in [0, 0.05) is 17.1 Å². The van der Waals surface area contributed by atoms with Crippen LogP contribution in [-0.2, 0) is 0 Å². The van der Waals surface area contributed by atoms with Crippen LogP contribution in [0, 0.1) is 5.82 Å². The van der Waals surface area contributed by atoms with Crippen molar-refractivity contribution < 1.29 is 4.39 Å². The molecule has 2 rings (SSSR count). The normalized spacial score (nSPS) is 14.1. The van der Waals surface area contributed by atoms with Gasteiger partial charge in [-0.15, -0.1) is 0 Å². The minimum Gasteiger partial charge on any atom is -0.302 e. The number of benzene rings is 1. The summed E-state index contributed by atoms with van der Waals surface area (Å²) in [5.41, 5.74) is 1.97. The molecule has 0 saturated heterocycles. The first kappa shape index (κ1) is 14.0. The molecule has 0 aliphatic carbocycles. The highest BCUT2D eigenvalue weighted by molar-refractivity contribution is 6.30. The molecule has 2 nitrogen and oxygen atoms in total. The van der Waals surface area contributed by atoms with Gasteiger partial charge in [-0.3, -0.25) is 4.98 Å². The first-order valence-electron chi connectivity index (χ1n) is 6.19. The second-order valence-electron chi connectivity index (χ2n) is 4.56. The van der Waals surface area contributed by atoms with Gasteiger partial charge in [0.2, 0.25) is 0 Å². The zero-order valence-corrected chi connectivity index (χ0v) is 11.7. The van der Waals surface area contributed by atoms with E-state index in [4.69, 9.17) is 11.6 Å². The van der Waals surface area contributed by atoms with Crippen LogP contribution in [0.2, 0.25) is 5.02 Å². The lowest BCUT2D eigenvalue weighted by Crippen LogP contribution is -2.23. The Kier molecular flexibility index (Phi) is 4.51. The predicted octanol–water partition coefficient (Wildman–Crippen LogP) is 4.29. The summed E-state index contributed by atoms with van der Waals surface area (Å²) in [6.45, 7) is 4.08. The van der Waals surface area contributed by atoms with Crippen LogP contribution in [0.25, 0.3) is 0 Å². The topological polar surface area (TPSA) is 24.9 Å². The Morgan fingerprint density at radius 2 is 1.74 bits per heavy atom. The number of nitrogens with zero attached hydrogens (tertiary/aromatic N) is 1. The molecule has 19 heavy (non-hydrogen) atoms. The van der Waals surface area contributed by atoms with Crippen molar-refractivity contribution >= 4 is 11.6 Å². The van der Waals surface area contributed by atoms with Crippen molar-refractivity contribution in [2.24, 2.45) is 0 Å². The van der Waals surface area contributed by atoms with E-state index < -0.39 is 0 Å². The van der Waals surface area contributed by atoms with Crippen LogP contribution in [0.4, 0.5) is 4.39 Å². The maximum Gasteiger partial charge on any atom is 0.141 e. The van der Waals surface area contributed by atoms with Crippen molar-refractivity contribution in [1.82, 2.24) is 10.3 Å². The minimum absolute atomic E-state index is 0.0475.